The summed E-state index contributed by atoms with van der Waals surface area (Å²) in [6.45, 7) is 2.19. The summed E-state index contributed by atoms with van der Waals surface area (Å²) in [7, 11) is -3.32. The molecule has 0 spiro atoms. The molecule has 0 amide bonds. The number of sulfone groups is 1. The van der Waals surface area contributed by atoms with Gasteiger partial charge in [0, 0.05) is 19.6 Å². The molecule has 0 unspecified atom stereocenters. The van der Waals surface area contributed by atoms with Crippen LogP contribution in [-0.2, 0) is 9.84 Å². The summed E-state index contributed by atoms with van der Waals surface area (Å²) < 4.78 is 30.7. The van der Waals surface area contributed by atoms with Crippen molar-refractivity contribution >= 4 is 9.84 Å². The number of likely N-dealkylation sites (tertiary alicyclic amines) is 1. The minimum absolute atomic E-state index is 0.0689. The van der Waals surface area contributed by atoms with Gasteiger partial charge < -0.3 is 14.7 Å². The highest BCUT2D eigenvalue weighted by Gasteiger charge is 2.22. The van der Waals surface area contributed by atoms with E-state index in [4.69, 9.17) is 4.74 Å². The second kappa shape index (κ2) is 7.89. The van der Waals surface area contributed by atoms with Crippen molar-refractivity contribution in [3.63, 3.8) is 0 Å². The van der Waals surface area contributed by atoms with Crippen LogP contribution in [0.15, 0.2) is 59.5 Å². The number of nitrogens with zero attached hydrogens (tertiary/aromatic N) is 1. The molecule has 0 radical (unpaired) electrons. The number of benzene rings is 2. The lowest BCUT2D eigenvalue weighted by Gasteiger charge is -2.32. The van der Waals surface area contributed by atoms with Crippen LogP contribution < -0.4 is 4.74 Å². The number of para-hydroxylation sites is 1. The van der Waals surface area contributed by atoms with E-state index in [1.165, 1.54) is 24.3 Å². The van der Waals surface area contributed by atoms with Gasteiger partial charge in [-0.05, 0) is 49.2 Å². The van der Waals surface area contributed by atoms with Gasteiger partial charge in [-0.2, -0.15) is 0 Å². The molecule has 0 bridgehead atoms. The number of hydrogen-bond donors (Lipinski definition) is 1. The van der Waals surface area contributed by atoms with E-state index < -0.39 is 9.84 Å². The van der Waals surface area contributed by atoms with Crippen LogP contribution in [0.25, 0.3) is 0 Å². The van der Waals surface area contributed by atoms with E-state index in [0.29, 0.717) is 6.54 Å². The Labute approximate surface area is 148 Å². The fraction of sp³-hybridized carbons (Fsp3) is 0.368. The minimum Gasteiger partial charge on any atom is -0.508 e. The Balaban J connectivity index is 1.47. The summed E-state index contributed by atoms with van der Waals surface area (Å²) >= 11 is 0. The maximum absolute atomic E-state index is 12.4. The van der Waals surface area contributed by atoms with Crippen LogP contribution in [0.2, 0.25) is 0 Å². The zero-order valence-corrected chi connectivity index (χ0v) is 14.9. The van der Waals surface area contributed by atoms with Crippen molar-refractivity contribution in [1.82, 2.24) is 4.90 Å². The first-order valence-electron chi connectivity index (χ1n) is 8.49. The molecule has 5 nitrogen and oxygen atoms in total. The molecule has 6 heteroatoms. The van der Waals surface area contributed by atoms with E-state index in [1.54, 1.807) is 0 Å². The molecule has 1 aliphatic rings. The third-order valence-electron chi connectivity index (χ3n) is 4.45. The van der Waals surface area contributed by atoms with Crippen LogP contribution in [0.5, 0.6) is 11.5 Å². The summed E-state index contributed by atoms with van der Waals surface area (Å²) in [5, 5.41) is 9.27. The third-order valence-corrected chi connectivity index (χ3v) is 6.16. The molecule has 0 aliphatic carbocycles. The lowest BCUT2D eigenvalue weighted by Crippen LogP contribution is -2.40. The van der Waals surface area contributed by atoms with Gasteiger partial charge in [-0.25, -0.2) is 8.42 Å². The lowest BCUT2D eigenvalue weighted by atomic mass is 10.1. The summed E-state index contributed by atoms with van der Waals surface area (Å²) in [5.41, 5.74) is 0. The van der Waals surface area contributed by atoms with Crippen molar-refractivity contribution in [2.75, 3.05) is 25.4 Å². The smallest absolute Gasteiger partial charge is 0.179 e. The second-order valence-corrected chi connectivity index (χ2v) is 8.39. The molecule has 1 N–H and O–H groups in total. The van der Waals surface area contributed by atoms with E-state index in [2.05, 4.69) is 4.90 Å². The molecule has 3 rings (SSSR count). The topological polar surface area (TPSA) is 66.8 Å². The second-order valence-electron chi connectivity index (χ2n) is 6.28. The first-order valence-corrected chi connectivity index (χ1v) is 10.1. The maximum atomic E-state index is 12.4. The van der Waals surface area contributed by atoms with Crippen molar-refractivity contribution in [2.24, 2.45) is 0 Å². The van der Waals surface area contributed by atoms with Crippen LogP contribution in [-0.4, -0.2) is 49.9 Å². The molecule has 25 heavy (non-hydrogen) atoms. The molecular weight excluding hydrogens is 338 g/mol. The van der Waals surface area contributed by atoms with Crippen LogP contribution in [0.1, 0.15) is 12.8 Å². The van der Waals surface area contributed by atoms with Crippen molar-refractivity contribution in [1.29, 1.82) is 0 Å². The molecule has 1 fully saturated rings. The van der Waals surface area contributed by atoms with Gasteiger partial charge in [-0.15, -0.1) is 0 Å². The Morgan fingerprint density at radius 2 is 1.64 bits per heavy atom. The first kappa shape index (κ1) is 17.8. The van der Waals surface area contributed by atoms with E-state index in [9.17, 15) is 13.5 Å². The average molecular weight is 361 g/mol. The van der Waals surface area contributed by atoms with Gasteiger partial charge in [0.25, 0.3) is 0 Å². The van der Waals surface area contributed by atoms with Crippen molar-refractivity contribution < 1.29 is 18.3 Å². The number of phenols is 1. The molecule has 0 atom stereocenters. The SMILES string of the molecule is O=S(=O)(CCN1CCC(Oc2ccccc2)CC1)c1ccc(O)cc1. The number of ether oxygens (including phenoxy) is 1. The zero-order chi connectivity index (χ0) is 17.7. The molecule has 2 aromatic rings. The van der Waals surface area contributed by atoms with Crippen molar-refractivity contribution in [3.8, 4) is 11.5 Å². The van der Waals surface area contributed by atoms with Gasteiger partial charge in [0.2, 0.25) is 0 Å². The Kier molecular flexibility index (Phi) is 5.60. The van der Waals surface area contributed by atoms with Gasteiger partial charge >= 0.3 is 0 Å². The first-order chi connectivity index (χ1) is 12.0. The summed E-state index contributed by atoms with van der Waals surface area (Å²) in [5.74, 6) is 1.04. The monoisotopic (exact) mass is 361 g/mol. The predicted molar refractivity (Wildman–Crippen MR) is 96.7 cm³/mol. The molecule has 1 saturated heterocycles. The van der Waals surface area contributed by atoms with E-state index >= 15 is 0 Å². The van der Waals surface area contributed by atoms with Crippen LogP contribution >= 0.6 is 0 Å². The average Bonchev–Trinajstić information content (AvgIpc) is 2.62. The van der Waals surface area contributed by atoms with Crippen LogP contribution in [0, 0.1) is 0 Å². The van der Waals surface area contributed by atoms with Crippen molar-refractivity contribution in [3.05, 3.63) is 54.6 Å². The van der Waals surface area contributed by atoms with E-state index in [1.807, 2.05) is 30.3 Å². The Morgan fingerprint density at radius 3 is 2.28 bits per heavy atom. The quantitative estimate of drug-likeness (QED) is 0.857. The van der Waals surface area contributed by atoms with Gasteiger partial charge in [0.1, 0.15) is 17.6 Å². The highest BCUT2D eigenvalue weighted by molar-refractivity contribution is 7.91. The summed E-state index contributed by atoms with van der Waals surface area (Å²) in [6.07, 6.45) is 1.98. The fourth-order valence-corrected chi connectivity index (χ4v) is 4.25. The largest absolute Gasteiger partial charge is 0.508 e. The number of piperidine rings is 1. The predicted octanol–water partition coefficient (Wildman–Crippen LogP) is 2.71. The van der Waals surface area contributed by atoms with Crippen molar-refractivity contribution in [2.45, 2.75) is 23.8 Å². The summed E-state index contributed by atoms with van der Waals surface area (Å²) in [4.78, 5) is 2.43. The normalized spacial score (nSPS) is 16.6. The number of hydrogen-bond acceptors (Lipinski definition) is 5. The highest BCUT2D eigenvalue weighted by atomic mass is 32.2. The van der Waals surface area contributed by atoms with Gasteiger partial charge in [0.15, 0.2) is 9.84 Å². The number of rotatable bonds is 6. The highest BCUT2D eigenvalue weighted by Crippen LogP contribution is 2.20. The molecule has 1 aliphatic heterocycles. The van der Waals surface area contributed by atoms with Gasteiger partial charge in [-0.3, -0.25) is 0 Å². The Hall–Kier alpha value is -2.05. The molecular formula is C19H23NO4S. The summed E-state index contributed by atoms with van der Waals surface area (Å²) in [6, 6.07) is 15.5. The maximum Gasteiger partial charge on any atom is 0.179 e. The molecule has 0 saturated carbocycles. The molecule has 2 aromatic carbocycles. The van der Waals surface area contributed by atoms with Crippen LogP contribution in [0.3, 0.4) is 0 Å². The molecule has 134 valence electrons. The third kappa shape index (κ3) is 4.96. The molecule has 1 heterocycles. The fourth-order valence-electron chi connectivity index (χ4n) is 2.96. The Morgan fingerprint density at radius 1 is 1.00 bits per heavy atom. The van der Waals surface area contributed by atoms with Gasteiger partial charge in [-0.1, -0.05) is 18.2 Å². The van der Waals surface area contributed by atoms with E-state index in [-0.39, 0.29) is 22.5 Å². The number of phenolic OH excluding ortho intramolecular Hbond substituents is 1. The standard InChI is InChI=1S/C19H23NO4S/c21-16-6-8-19(9-7-16)25(22,23)15-14-20-12-10-18(11-13-20)24-17-4-2-1-3-5-17/h1-9,18,21H,10-15H2. The Bertz CT molecular complexity index is 767. The van der Waals surface area contributed by atoms with Gasteiger partial charge in [0.05, 0.1) is 10.6 Å². The van der Waals surface area contributed by atoms with Crippen LogP contribution in [0.4, 0.5) is 0 Å². The number of aromatic hydroxyl groups is 1. The zero-order valence-electron chi connectivity index (χ0n) is 14.0. The van der Waals surface area contributed by atoms with E-state index in [0.717, 1.165) is 31.7 Å². The lowest BCUT2D eigenvalue weighted by molar-refractivity contribution is 0.104. The minimum atomic E-state index is -3.32. The molecule has 0 aromatic heterocycles.